The van der Waals surface area contributed by atoms with Crippen molar-refractivity contribution in [2.24, 2.45) is 16.8 Å². The third kappa shape index (κ3) is 19.7. The molecule has 0 saturated heterocycles. The van der Waals surface area contributed by atoms with Crippen molar-refractivity contribution in [1.29, 1.82) is 0 Å². The van der Waals surface area contributed by atoms with Gasteiger partial charge >= 0.3 is 18.9 Å². The zero-order chi connectivity index (χ0) is 35.4. The summed E-state index contributed by atoms with van der Waals surface area (Å²) in [5.74, 6) is 2.00. The number of benzene rings is 4. The van der Waals surface area contributed by atoms with Gasteiger partial charge in [-0.05, 0) is 70.6 Å². The molecule has 0 fully saturated rings. The van der Waals surface area contributed by atoms with Crippen LogP contribution in [-0.4, -0.2) is 17.3 Å². The first-order valence-corrected chi connectivity index (χ1v) is 18.2. The summed E-state index contributed by atoms with van der Waals surface area (Å²) in [6, 6.07) is 42.9. The molecule has 49 heavy (non-hydrogen) atoms. The maximum absolute atomic E-state index is 4.40. The zero-order valence-electron chi connectivity index (χ0n) is 32.8. The third-order valence-corrected chi connectivity index (χ3v) is 8.38. The van der Waals surface area contributed by atoms with E-state index >= 15 is 0 Å². The molecule has 0 saturated carbocycles. The van der Waals surface area contributed by atoms with Gasteiger partial charge in [0.15, 0.2) is 0 Å². The van der Waals surface area contributed by atoms with Gasteiger partial charge in [0, 0.05) is 23.7 Å². The van der Waals surface area contributed by atoms with Crippen LogP contribution in [0.2, 0.25) is 0 Å². The van der Waals surface area contributed by atoms with E-state index in [4.69, 9.17) is 0 Å². The molecule has 0 aliphatic carbocycles. The maximum atomic E-state index is 4.40. The molecule has 0 heterocycles. The minimum absolute atomic E-state index is 0. The molecular formula is C46H65LiN2. The normalized spacial score (nSPS) is 13.8. The molecule has 0 aliphatic rings. The molecule has 0 spiro atoms. The quantitative estimate of drug-likeness (QED) is 0.0920. The Hall–Kier alpha value is -3.02. The van der Waals surface area contributed by atoms with Gasteiger partial charge in [0.05, 0.1) is 5.54 Å². The Morgan fingerprint density at radius 2 is 1.08 bits per heavy atom. The summed E-state index contributed by atoms with van der Waals surface area (Å²) in [6.07, 6.45) is 9.11. The predicted octanol–water partition coefficient (Wildman–Crippen LogP) is 9.92. The van der Waals surface area contributed by atoms with E-state index in [9.17, 15) is 0 Å². The first-order valence-electron chi connectivity index (χ1n) is 18.2. The topological polar surface area (TPSA) is 24.4 Å². The van der Waals surface area contributed by atoms with Gasteiger partial charge in [0.1, 0.15) is 0 Å². The van der Waals surface area contributed by atoms with Crippen molar-refractivity contribution < 1.29 is 18.9 Å². The van der Waals surface area contributed by atoms with E-state index in [1.54, 1.807) is 0 Å². The van der Waals surface area contributed by atoms with E-state index in [0.717, 1.165) is 11.5 Å². The fraction of sp³-hybridized carbons (Fsp3) is 0.435. The van der Waals surface area contributed by atoms with Crippen LogP contribution in [0, 0.1) is 18.3 Å². The number of hydrogen-bond acceptors (Lipinski definition) is 2. The second kappa shape index (κ2) is 23.4. The van der Waals surface area contributed by atoms with Gasteiger partial charge in [-0.1, -0.05) is 150 Å². The van der Waals surface area contributed by atoms with E-state index in [1.165, 1.54) is 42.4 Å². The maximum Gasteiger partial charge on any atom is 1.00 e. The molecule has 4 aromatic rings. The van der Waals surface area contributed by atoms with E-state index in [0.29, 0.717) is 17.9 Å². The largest absolute Gasteiger partial charge is 1.00 e. The van der Waals surface area contributed by atoms with Crippen molar-refractivity contribution in [3.63, 3.8) is 0 Å². The second-order valence-corrected chi connectivity index (χ2v) is 15.3. The number of nitrogens with one attached hydrogen (secondary N) is 1. The third-order valence-electron chi connectivity index (χ3n) is 8.38. The van der Waals surface area contributed by atoms with Crippen LogP contribution in [0.25, 0.3) is 0 Å². The molecule has 0 amide bonds. The van der Waals surface area contributed by atoms with Gasteiger partial charge in [-0.2, -0.15) is 24.1 Å². The van der Waals surface area contributed by atoms with Crippen LogP contribution in [0.5, 0.6) is 0 Å². The first kappa shape index (κ1) is 44.0. The van der Waals surface area contributed by atoms with Crippen molar-refractivity contribution in [1.82, 2.24) is 5.32 Å². The van der Waals surface area contributed by atoms with Crippen LogP contribution in [-0.2, 0) is 0 Å². The standard InChI is InChI=1S/C23H33N.C12H17.C11H15N.Li/c1-6-18(2)17-21(19-13-9-7-10-14-19)22(24-23(3,4)5)20-15-11-8-12-16-20;1-3-11(2)9-10-12-7-5-4-6-8-12;1-11(2,3)12-9-10-7-5-4-6-8-10;/h7-16,18,21-22,24H,6,17H2,1-5H3;4-8,10-11H,3,9H2,1-2H3;4-9H,1-3H3;/q;-1;;+1. The smallest absolute Gasteiger partial charge is 0.305 e. The van der Waals surface area contributed by atoms with E-state index < -0.39 is 0 Å². The van der Waals surface area contributed by atoms with Crippen molar-refractivity contribution in [2.45, 2.75) is 118 Å². The van der Waals surface area contributed by atoms with Gasteiger partial charge in [-0.25, -0.2) is 0 Å². The Bertz CT molecular complexity index is 1370. The summed E-state index contributed by atoms with van der Waals surface area (Å²) in [7, 11) is 0. The van der Waals surface area contributed by atoms with E-state index in [-0.39, 0.29) is 29.9 Å². The predicted molar refractivity (Wildman–Crippen MR) is 213 cm³/mol. The number of rotatable bonds is 12. The monoisotopic (exact) mass is 653 g/mol. The SMILES string of the molecule is CC(C)(C)N=Cc1ccccc1.CCC(C)CC(c1ccccc1)C(NC(C)(C)C)c1ccccc1.CCC(C)C[CH-]c1ccccc1.[Li+]. The molecule has 4 unspecified atom stereocenters. The van der Waals surface area contributed by atoms with Crippen molar-refractivity contribution in [3.05, 3.63) is 150 Å². The molecular weight excluding hydrogens is 587 g/mol. The molecule has 260 valence electrons. The van der Waals surface area contributed by atoms with E-state index in [2.05, 4.69) is 189 Å². The van der Waals surface area contributed by atoms with Crippen LogP contribution in [0.1, 0.15) is 129 Å². The molecule has 0 aromatic heterocycles. The second-order valence-electron chi connectivity index (χ2n) is 15.3. The first-order chi connectivity index (χ1) is 22.8. The fourth-order valence-electron chi connectivity index (χ4n) is 5.21. The van der Waals surface area contributed by atoms with Gasteiger partial charge in [0.2, 0.25) is 0 Å². The van der Waals surface area contributed by atoms with Gasteiger partial charge < -0.3 is 5.32 Å². The van der Waals surface area contributed by atoms with Gasteiger partial charge in [0.25, 0.3) is 0 Å². The Balaban J connectivity index is 0.000000404. The molecule has 0 bridgehead atoms. The summed E-state index contributed by atoms with van der Waals surface area (Å²) in [6.45, 7) is 22.2. The minimum Gasteiger partial charge on any atom is -0.305 e. The summed E-state index contributed by atoms with van der Waals surface area (Å²) in [5.41, 5.74) is 5.41. The van der Waals surface area contributed by atoms with Crippen LogP contribution in [0.4, 0.5) is 0 Å². The van der Waals surface area contributed by atoms with Crippen molar-refractivity contribution in [2.75, 3.05) is 0 Å². The Labute approximate surface area is 313 Å². The summed E-state index contributed by atoms with van der Waals surface area (Å²) >= 11 is 0. The molecule has 2 nitrogen and oxygen atoms in total. The molecule has 3 heteroatoms. The molecule has 0 aliphatic heterocycles. The Morgan fingerprint density at radius 1 is 0.633 bits per heavy atom. The van der Waals surface area contributed by atoms with Gasteiger partial charge in [-0.3, -0.25) is 4.99 Å². The molecule has 4 aromatic carbocycles. The summed E-state index contributed by atoms with van der Waals surface area (Å²) < 4.78 is 0. The van der Waals surface area contributed by atoms with Crippen LogP contribution in [0.15, 0.2) is 126 Å². The zero-order valence-corrected chi connectivity index (χ0v) is 32.8. The molecule has 0 radical (unpaired) electrons. The summed E-state index contributed by atoms with van der Waals surface area (Å²) in [5, 5.41) is 3.90. The van der Waals surface area contributed by atoms with Crippen LogP contribution >= 0.6 is 0 Å². The molecule has 4 atom stereocenters. The Kier molecular flexibility index (Phi) is 21.0. The fourth-order valence-corrected chi connectivity index (χ4v) is 5.21. The number of aliphatic imine (C=N–C) groups is 1. The average Bonchev–Trinajstić information content (AvgIpc) is 3.09. The molecule has 1 N–H and O–H groups in total. The summed E-state index contributed by atoms with van der Waals surface area (Å²) in [4.78, 5) is 4.40. The van der Waals surface area contributed by atoms with Crippen molar-refractivity contribution in [3.8, 4) is 0 Å². The minimum atomic E-state index is 0. The molecule has 4 rings (SSSR count). The van der Waals surface area contributed by atoms with Crippen molar-refractivity contribution >= 4 is 6.21 Å². The van der Waals surface area contributed by atoms with Crippen LogP contribution in [0.3, 0.4) is 0 Å². The van der Waals surface area contributed by atoms with Crippen LogP contribution < -0.4 is 24.2 Å². The average molecular weight is 653 g/mol. The van der Waals surface area contributed by atoms with E-state index in [1.807, 2.05) is 24.4 Å². The Morgan fingerprint density at radius 3 is 1.53 bits per heavy atom. The number of hydrogen-bond donors (Lipinski definition) is 1. The van der Waals surface area contributed by atoms with Gasteiger partial charge in [-0.15, -0.1) is 12.1 Å². The number of nitrogens with zero attached hydrogens (tertiary/aromatic N) is 1.